The summed E-state index contributed by atoms with van der Waals surface area (Å²) in [5.74, 6) is 1.16. The van der Waals surface area contributed by atoms with E-state index in [1.165, 1.54) is 18.6 Å². The summed E-state index contributed by atoms with van der Waals surface area (Å²) in [7, 11) is 0. The third kappa shape index (κ3) is 2.81. The molecular weight excluding hydrogens is 292 g/mol. The summed E-state index contributed by atoms with van der Waals surface area (Å²) in [6.07, 6.45) is 5.60. The van der Waals surface area contributed by atoms with E-state index in [1.54, 1.807) is 6.07 Å². The number of nitrogens with one attached hydrogen (secondary N) is 2. The highest BCUT2D eigenvalue weighted by molar-refractivity contribution is 6.18. The maximum absolute atomic E-state index is 10.8. The van der Waals surface area contributed by atoms with Gasteiger partial charge in [0.25, 0.3) is 5.69 Å². The Morgan fingerprint density at radius 1 is 1.38 bits per heavy atom. The molecule has 1 heterocycles. The molecule has 0 bridgehead atoms. The van der Waals surface area contributed by atoms with Crippen molar-refractivity contribution in [2.45, 2.75) is 37.6 Å². The van der Waals surface area contributed by atoms with Crippen LogP contribution in [0.3, 0.4) is 0 Å². The van der Waals surface area contributed by atoms with Gasteiger partial charge in [-0.05, 0) is 18.9 Å². The summed E-state index contributed by atoms with van der Waals surface area (Å²) in [4.78, 5) is 18.0. The number of alkyl halides is 1. The first kappa shape index (κ1) is 14.1. The Bertz CT molecular complexity index is 664. The Kier molecular flexibility index (Phi) is 3.71. The highest BCUT2D eigenvalue weighted by Gasteiger charge is 2.31. The lowest BCUT2D eigenvalue weighted by Crippen LogP contribution is -2.42. The van der Waals surface area contributed by atoms with Crippen molar-refractivity contribution in [2.24, 2.45) is 0 Å². The molecule has 0 saturated heterocycles. The summed E-state index contributed by atoms with van der Waals surface area (Å²) >= 11 is 6.16. The monoisotopic (exact) mass is 308 g/mol. The van der Waals surface area contributed by atoms with Crippen LogP contribution in [-0.2, 0) is 0 Å². The van der Waals surface area contributed by atoms with E-state index in [9.17, 15) is 10.1 Å². The van der Waals surface area contributed by atoms with E-state index in [0.29, 0.717) is 22.9 Å². The van der Waals surface area contributed by atoms with Gasteiger partial charge < -0.3 is 10.3 Å². The number of halogens is 1. The molecule has 0 spiro atoms. The molecule has 0 amide bonds. The van der Waals surface area contributed by atoms with Crippen molar-refractivity contribution in [3.8, 4) is 0 Å². The van der Waals surface area contributed by atoms with Gasteiger partial charge in [-0.1, -0.05) is 19.3 Å². The van der Waals surface area contributed by atoms with Crippen LogP contribution in [0.15, 0.2) is 18.2 Å². The van der Waals surface area contributed by atoms with Gasteiger partial charge in [-0.25, -0.2) is 4.98 Å². The van der Waals surface area contributed by atoms with E-state index in [2.05, 4.69) is 15.3 Å². The first-order valence-electron chi connectivity index (χ1n) is 7.10. The molecule has 1 aliphatic rings. The Morgan fingerprint density at radius 3 is 2.81 bits per heavy atom. The molecule has 6 nitrogen and oxygen atoms in total. The van der Waals surface area contributed by atoms with Crippen LogP contribution in [-0.4, -0.2) is 26.3 Å². The topological polar surface area (TPSA) is 83.8 Å². The van der Waals surface area contributed by atoms with Crippen molar-refractivity contribution in [1.82, 2.24) is 9.97 Å². The molecule has 112 valence electrons. The molecule has 0 radical (unpaired) electrons. The quantitative estimate of drug-likeness (QED) is 0.511. The molecule has 1 fully saturated rings. The van der Waals surface area contributed by atoms with Crippen molar-refractivity contribution in [1.29, 1.82) is 0 Å². The van der Waals surface area contributed by atoms with E-state index >= 15 is 0 Å². The summed E-state index contributed by atoms with van der Waals surface area (Å²) < 4.78 is 0. The maximum Gasteiger partial charge on any atom is 0.271 e. The second kappa shape index (κ2) is 5.52. The van der Waals surface area contributed by atoms with Crippen LogP contribution >= 0.6 is 11.6 Å². The average Bonchev–Trinajstić information content (AvgIpc) is 2.89. The molecule has 1 aromatic heterocycles. The van der Waals surface area contributed by atoms with Crippen LogP contribution in [0.4, 0.5) is 11.6 Å². The molecule has 1 saturated carbocycles. The molecule has 1 aliphatic carbocycles. The number of aromatic nitrogens is 2. The molecule has 0 aliphatic heterocycles. The number of H-pyrrole nitrogens is 1. The molecule has 7 heteroatoms. The zero-order chi connectivity index (χ0) is 14.9. The molecular formula is C14H17ClN4O2. The fourth-order valence-corrected chi connectivity index (χ4v) is 3.28. The van der Waals surface area contributed by atoms with Crippen LogP contribution in [0.5, 0.6) is 0 Å². The second-order valence-electron chi connectivity index (χ2n) is 5.64. The molecule has 1 aromatic carbocycles. The number of aromatic amines is 1. The van der Waals surface area contributed by atoms with E-state index in [1.807, 2.05) is 0 Å². The molecule has 2 aromatic rings. The number of nitro benzene ring substituents is 1. The average molecular weight is 309 g/mol. The van der Waals surface area contributed by atoms with Crippen molar-refractivity contribution in [3.63, 3.8) is 0 Å². The van der Waals surface area contributed by atoms with Crippen LogP contribution in [0.1, 0.15) is 32.1 Å². The minimum Gasteiger partial charge on any atom is -0.349 e. The summed E-state index contributed by atoms with van der Waals surface area (Å²) in [6.45, 7) is 0. The van der Waals surface area contributed by atoms with Gasteiger partial charge >= 0.3 is 0 Å². The van der Waals surface area contributed by atoms with Crippen molar-refractivity contribution in [3.05, 3.63) is 28.3 Å². The molecule has 3 rings (SSSR count). The van der Waals surface area contributed by atoms with Gasteiger partial charge in [0.2, 0.25) is 5.95 Å². The van der Waals surface area contributed by atoms with Gasteiger partial charge in [-0.2, -0.15) is 0 Å². The minimum absolute atomic E-state index is 0.0578. The molecule has 0 unspecified atom stereocenters. The van der Waals surface area contributed by atoms with Crippen molar-refractivity contribution in [2.75, 3.05) is 11.2 Å². The number of anilines is 1. The highest BCUT2D eigenvalue weighted by Crippen LogP contribution is 2.32. The van der Waals surface area contributed by atoms with Gasteiger partial charge in [-0.3, -0.25) is 10.1 Å². The number of nitrogens with zero attached hydrogens (tertiary/aromatic N) is 2. The number of hydrogen-bond donors (Lipinski definition) is 2. The van der Waals surface area contributed by atoms with Crippen LogP contribution in [0.25, 0.3) is 11.0 Å². The van der Waals surface area contributed by atoms with E-state index in [-0.39, 0.29) is 11.2 Å². The Balaban J connectivity index is 1.88. The van der Waals surface area contributed by atoms with Gasteiger partial charge in [0.1, 0.15) is 0 Å². The number of hydrogen-bond acceptors (Lipinski definition) is 4. The van der Waals surface area contributed by atoms with Gasteiger partial charge in [0.05, 0.1) is 21.5 Å². The summed E-state index contributed by atoms with van der Waals surface area (Å²) in [6, 6.07) is 4.62. The maximum atomic E-state index is 10.8. The number of nitro groups is 1. The van der Waals surface area contributed by atoms with E-state index in [4.69, 9.17) is 11.6 Å². The molecule has 21 heavy (non-hydrogen) atoms. The summed E-state index contributed by atoms with van der Waals surface area (Å²) in [5.41, 5.74) is 1.30. The second-order valence-corrected chi connectivity index (χ2v) is 5.91. The number of benzene rings is 1. The Hall–Kier alpha value is -1.82. The van der Waals surface area contributed by atoms with Gasteiger partial charge in [-0.15, -0.1) is 11.6 Å². The third-order valence-corrected chi connectivity index (χ3v) is 4.64. The Morgan fingerprint density at radius 2 is 2.14 bits per heavy atom. The lowest BCUT2D eigenvalue weighted by molar-refractivity contribution is -0.384. The lowest BCUT2D eigenvalue weighted by atomic mass is 9.83. The van der Waals surface area contributed by atoms with E-state index in [0.717, 1.165) is 25.7 Å². The highest BCUT2D eigenvalue weighted by atomic mass is 35.5. The van der Waals surface area contributed by atoms with Gasteiger partial charge in [0, 0.05) is 18.0 Å². The zero-order valence-corrected chi connectivity index (χ0v) is 12.3. The van der Waals surface area contributed by atoms with Crippen LogP contribution in [0.2, 0.25) is 0 Å². The predicted molar refractivity (Wildman–Crippen MR) is 82.9 cm³/mol. The fourth-order valence-electron chi connectivity index (χ4n) is 2.94. The van der Waals surface area contributed by atoms with E-state index < -0.39 is 4.92 Å². The number of rotatable bonds is 4. The first-order valence-corrected chi connectivity index (χ1v) is 7.64. The standard InChI is InChI=1S/C14H17ClN4O2/c15-9-14(6-2-1-3-7-14)18-13-16-11-5-4-10(19(20)21)8-12(11)17-13/h4-5,8H,1-3,6-7,9H2,(H2,16,17,18). The largest absolute Gasteiger partial charge is 0.349 e. The Labute approximate surface area is 127 Å². The predicted octanol–water partition coefficient (Wildman–Crippen LogP) is 3.82. The number of imidazole rings is 1. The normalized spacial score (nSPS) is 17.8. The summed E-state index contributed by atoms with van der Waals surface area (Å²) in [5, 5.41) is 14.2. The van der Waals surface area contributed by atoms with Gasteiger partial charge in [0.15, 0.2) is 0 Å². The number of fused-ring (bicyclic) bond motifs is 1. The fraction of sp³-hybridized carbons (Fsp3) is 0.500. The van der Waals surface area contributed by atoms with Crippen LogP contribution in [0, 0.1) is 10.1 Å². The number of non-ortho nitro benzene ring substituents is 1. The first-order chi connectivity index (χ1) is 10.1. The van der Waals surface area contributed by atoms with Crippen LogP contribution < -0.4 is 5.32 Å². The molecule has 0 atom stereocenters. The zero-order valence-electron chi connectivity index (χ0n) is 11.6. The third-order valence-electron chi connectivity index (χ3n) is 4.13. The molecule has 2 N–H and O–H groups in total. The lowest BCUT2D eigenvalue weighted by Gasteiger charge is -2.36. The van der Waals surface area contributed by atoms with Crippen molar-refractivity contribution < 1.29 is 4.92 Å². The smallest absolute Gasteiger partial charge is 0.271 e. The SMILES string of the molecule is O=[N+]([O-])c1ccc2nc(NC3(CCl)CCCCC3)[nH]c2c1. The van der Waals surface area contributed by atoms with Crippen molar-refractivity contribution >= 4 is 34.3 Å². The minimum atomic E-state index is -0.408.